The summed E-state index contributed by atoms with van der Waals surface area (Å²) >= 11 is 1.62. The second-order valence-electron chi connectivity index (χ2n) is 4.85. The Balaban J connectivity index is 1.48. The third-order valence-electron chi connectivity index (χ3n) is 3.25. The molecule has 0 saturated carbocycles. The van der Waals surface area contributed by atoms with E-state index in [1.165, 1.54) is 0 Å². The second-order valence-corrected chi connectivity index (χ2v) is 5.88. The van der Waals surface area contributed by atoms with Gasteiger partial charge in [0.25, 0.3) is 0 Å². The van der Waals surface area contributed by atoms with Gasteiger partial charge in [0, 0.05) is 36.6 Å². The summed E-state index contributed by atoms with van der Waals surface area (Å²) < 4.78 is 1.97. The van der Waals surface area contributed by atoms with Gasteiger partial charge in [-0.25, -0.2) is 9.78 Å². The first-order chi connectivity index (χ1) is 11.3. The number of nitrogens with zero attached hydrogens (tertiary/aromatic N) is 3. The van der Waals surface area contributed by atoms with E-state index >= 15 is 0 Å². The lowest BCUT2D eigenvalue weighted by molar-refractivity contribution is 0.240. The zero-order valence-corrected chi connectivity index (χ0v) is 13.3. The Morgan fingerprint density at radius 1 is 1.13 bits per heavy atom. The van der Waals surface area contributed by atoms with Crippen molar-refractivity contribution in [1.82, 2.24) is 25.2 Å². The first-order valence-corrected chi connectivity index (χ1v) is 8.17. The number of pyridine rings is 1. The molecule has 3 heterocycles. The molecule has 3 rings (SSSR count). The maximum absolute atomic E-state index is 11.8. The Morgan fingerprint density at radius 2 is 2.09 bits per heavy atom. The van der Waals surface area contributed by atoms with Gasteiger partial charge in [-0.3, -0.25) is 4.98 Å². The number of nitrogens with one attached hydrogen (secondary N) is 2. The van der Waals surface area contributed by atoms with E-state index < -0.39 is 0 Å². The minimum absolute atomic E-state index is 0.169. The van der Waals surface area contributed by atoms with Crippen LogP contribution in [-0.4, -0.2) is 27.1 Å². The van der Waals surface area contributed by atoms with Gasteiger partial charge in [0.2, 0.25) is 0 Å². The van der Waals surface area contributed by atoms with E-state index in [1.54, 1.807) is 23.7 Å². The number of urea groups is 1. The quantitative estimate of drug-likeness (QED) is 0.731. The third-order valence-corrected chi connectivity index (χ3v) is 4.13. The van der Waals surface area contributed by atoms with Crippen molar-refractivity contribution in [2.24, 2.45) is 0 Å². The van der Waals surface area contributed by atoms with E-state index in [4.69, 9.17) is 0 Å². The molecule has 0 aliphatic carbocycles. The number of carbonyl (C=O) groups excluding carboxylic acids is 1. The molecule has 0 bridgehead atoms. The molecule has 2 N–H and O–H groups in total. The Hall–Kier alpha value is -2.67. The lowest BCUT2D eigenvalue weighted by atomic mass is 10.3. The topological polar surface area (TPSA) is 71.8 Å². The smallest absolute Gasteiger partial charge is 0.315 e. The minimum atomic E-state index is -0.169. The monoisotopic (exact) mass is 327 g/mol. The van der Waals surface area contributed by atoms with Crippen molar-refractivity contribution in [1.29, 1.82) is 0 Å². The average Bonchev–Trinajstić information content (AvgIpc) is 3.25. The maximum Gasteiger partial charge on any atom is 0.315 e. The molecule has 0 radical (unpaired) electrons. The van der Waals surface area contributed by atoms with E-state index in [0.717, 1.165) is 16.4 Å². The Bertz CT molecular complexity index is 739. The van der Waals surface area contributed by atoms with E-state index in [-0.39, 0.29) is 6.03 Å². The van der Waals surface area contributed by atoms with Crippen molar-refractivity contribution in [3.63, 3.8) is 0 Å². The number of carbonyl (C=O) groups is 1. The predicted molar refractivity (Wildman–Crippen MR) is 90.0 cm³/mol. The molecule has 3 aromatic heterocycles. The lowest BCUT2D eigenvalue weighted by Gasteiger charge is -2.09. The zero-order chi connectivity index (χ0) is 15.9. The summed E-state index contributed by atoms with van der Waals surface area (Å²) in [4.78, 5) is 21.5. The van der Waals surface area contributed by atoms with Crippen LogP contribution < -0.4 is 10.6 Å². The Morgan fingerprint density at radius 3 is 2.87 bits per heavy atom. The highest BCUT2D eigenvalue weighted by Gasteiger charge is 2.07. The van der Waals surface area contributed by atoms with Gasteiger partial charge in [-0.05, 0) is 23.6 Å². The van der Waals surface area contributed by atoms with Crippen LogP contribution in [0.4, 0.5) is 4.79 Å². The SMILES string of the molecule is O=C(NCCn1ccnc1-c1ccccn1)NCc1cccs1. The van der Waals surface area contributed by atoms with Crippen molar-refractivity contribution >= 4 is 17.4 Å². The van der Waals surface area contributed by atoms with Gasteiger partial charge >= 0.3 is 6.03 Å². The fourth-order valence-corrected chi connectivity index (χ4v) is 2.80. The highest BCUT2D eigenvalue weighted by molar-refractivity contribution is 7.09. The largest absolute Gasteiger partial charge is 0.336 e. The number of thiophene rings is 1. The predicted octanol–water partition coefficient (Wildman–Crippen LogP) is 2.51. The van der Waals surface area contributed by atoms with Gasteiger partial charge in [0.05, 0.1) is 6.54 Å². The van der Waals surface area contributed by atoms with E-state index in [0.29, 0.717) is 19.6 Å². The number of hydrogen-bond donors (Lipinski definition) is 2. The van der Waals surface area contributed by atoms with Crippen LogP contribution in [0.25, 0.3) is 11.5 Å². The van der Waals surface area contributed by atoms with Gasteiger partial charge in [0.15, 0.2) is 5.82 Å². The van der Waals surface area contributed by atoms with Crippen LogP contribution in [0.15, 0.2) is 54.3 Å². The molecular weight excluding hydrogens is 310 g/mol. The molecule has 7 heteroatoms. The van der Waals surface area contributed by atoms with Crippen molar-refractivity contribution in [2.45, 2.75) is 13.1 Å². The fourth-order valence-electron chi connectivity index (χ4n) is 2.15. The first kappa shape index (κ1) is 15.2. The third kappa shape index (κ3) is 4.17. The summed E-state index contributed by atoms with van der Waals surface area (Å²) in [5.74, 6) is 0.798. The van der Waals surface area contributed by atoms with Gasteiger partial charge in [-0.15, -0.1) is 11.3 Å². The number of hydrogen-bond acceptors (Lipinski definition) is 4. The molecule has 0 spiro atoms. The van der Waals surface area contributed by atoms with Crippen LogP contribution in [0.3, 0.4) is 0 Å². The van der Waals surface area contributed by atoms with Gasteiger partial charge in [-0.1, -0.05) is 12.1 Å². The molecule has 6 nitrogen and oxygen atoms in total. The molecule has 0 aromatic carbocycles. The minimum Gasteiger partial charge on any atom is -0.336 e. The second kappa shape index (κ2) is 7.55. The molecule has 3 aromatic rings. The Labute approximate surface area is 138 Å². The fraction of sp³-hybridized carbons (Fsp3) is 0.188. The van der Waals surface area contributed by atoms with Gasteiger partial charge in [-0.2, -0.15) is 0 Å². The molecule has 0 unspecified atom stereocenters. The summed E-state index contributed by atoms with van der Waals surface area (Å²) in [5, 5.41) is 7.68. The number of amides is 2. The van der Waals surface area contributed by atoms with Gasteiger partial charge < -0.3 is 15.2 Å². The van der Waals surface area contributed by atoms with E-state index in [9.17, 15) is 4.79 Å². The molecule has 0 aliphatic rings. The Kier molecular flexibility index (Phi) is 5.00. The normalized spacial score (nSPS) is 10.4. The highest BCUT2D eigenvalue weighted by Crippen LogP contribution is 2.13. The number of rotatable bonds is 6. The summed E-state index contributed by atoms with van der Waals surface area (Å²) in [5.41, 5.74) is 0.819. The van der Waals surface area contributed by atoms with Crippen molar-refractivity contribution in [3.8, 4) is 11.5 Å². The van der Waals surface area contributed by atoms with Crippen LogP contribution in [0.1, 0.15) is 4.88 Å². The summed E-state index contributed by atoms with van der Waals surface area (Å²) in [7, 11) is 0. The average molecular weight is 327 g/mol. The molecule has 0 aliphatic heterocycles. The van der Waals surface area contributed by atoms with E-state index in [1.807, 2.05) is 46.5 Å². The van der Waals surface area contributed by atoms with Crippen LogP contribution in [0.2, 0.25) is 0 Å². The molecule has 2 amide bonds. The molecule has 118 valence electrons. The summed E-state index contributed by atoms with van der Waals surface area (Å²) in [6, 6.07) is 9.51. The van der Waals surface area contributed by atoms with E-state index in [2.05, 4.69) is 20.6 Å². The van der Waals surface area contributed by atoms with Crippen LogP contribution in [-0.2, 0) is 13.1 Å². The number of aromatic nitrogens is 3. The van der Waals surface area contributed by atoms with Crippen molar-refractivity contribution < 1.29 is 4.79 Å². The van der Waals surface area contributed by atoms with Crippen LogP contribution in [0, 0.1) is 0 Å². The summed E-state index contributed by atoms with van der Waals surface area (Å²) in [6.45, 7) is 1.71. The zero-order valence-electron chi connectivity index (χ0n) is 12.5. The molecule has 0 atom stereocenters. The van der Waals surface area contributed by atoms with Gasteiger partial charge in [0.1, 0.15) is 5.69 Å². The maximum atomic E-state index is 11.8. The molecule has 0 fully saturated rings. The van der Waals surface area contributed by atoms with Crippen LogP contribution in [0.5, 0.6) is 0 Å². The lowest BCUT2D eigenvalue weighted by Crippen LogP contribution is -2.36. The molecule has 23 heavy (non-hydrogen) atoms. The molecular formula is C16H17N5OS. The van der Waals surface area contributed by atoms with Crippen molar-refractivity contribution in [3.05, 3.63) is 59.2 Å². The molecule has 0 saturated heterocycles. The standard InChI is InChI=1S/C16H17N5OS/c22-16(20-12-13-4-3-11-23-13)19-8-10-21-9-7-18-15(21)14-5-1-2-6-17-14/h1-7,9,11H,8,10,12H2,(H2,19,20,22). The van der Waals surface area contributed by atoms with Crippen LogP contribution >= 0.6 is 11.3 Å². The van der Waals surface area contributed by atoms with Crippen molar-refractivity contribution in [2.75, 3.05) is 6.54 Å². The first-order valence-electron chi connectivity index (χ1n) is 7.29. The highest BCUT2D eigenvalue weighted by atomic mass is 32.1. The number of imidazole rings is 1. The summed E-state index contributed by atoms with van der Waals surface area (Å²) in [6.07, 6.45) is 5.36.